The standard InChI is InChI=1S/C13H11F2N3O2/c1-7-6-8(2)17-12(16-7)18-9-4-3-5-10-11(9)20-13(14,15)19-10/h3-6H,1-2H3,(H,16,17,18). The Balaban J connectivity index is 1.95. The monoisotopic (exact) mass is 279 g/mol. The van der Waals surface area contributed by atoms with Crippen molar-refractivity contribution in [1.29, 1.82) is 0 Å². The zero-order chi connectivity index (χ0) is 14.3. The van der Waals surface area contributed by atoms with E-state index >= 15 is 0 Å². The molecule has 0 atom stereocenters. The molecule has 1 aliphatic rings. The van der Waals surface area contributed by atoms with Gasteiger partial charge in [0.1, 0.15) is 0 Å². The number of hydrogen-bond acceptors (Lipinski definition) is 5. The number of nitrogens with zero attached hydrogens (tertiary/aromatic N) is 2. The summed E-state index contributed by atoms with van der Waals surface area (Å²) in [6, 6.07) is 6.39. The second kappa shape index (κ2) is 4.29. The molecule has 7 heteroatoms. The maximum absolute atomic E-state index is 13.1. The highest BCUT2D eigenvalue weighted by Gasteiger charge is 2.44. The maximum atomic E-state index is 13.1. The van der Waals surface area contributed by atoms with Crippen LogP contribution in [0.5, 0.6) is 11.5 Å². The van der Waals surface area contributed by atoms with Crippen LogP contribution in [-0.2, 0) is 0 Å². The van der Waals surface area contributed by atoms with Gasteiger partial charge in [0.15, 0.2) is 11.5 Å². The first kappa shape index (κ1) is 12.6. The molecule has 0 fully saturated rings. The fourth-order valence-electron chi connectivity index (χ4n) is 1.97. The highest BCUT2D eigenvalue weighted by molar-refractivity contribution is 5.68. The molecule has 0 saturated carbocycles. The molecular weight excluding hydrogens is 268 g/mol. The Bertz CT molecular complexity index is 656. The second-order valence-electron chi connectivity index (χ2n) is 4.40. The van der Waals surface area contributed by atoms with Crippen molar-refractivity contribution in [2.75, 3.05) is 5.32 Å². The van der Waals surface area contributed by atoms with Gasteiger partial charge in [0.2, 0.25) is 5.95 Å². The lowest BCUT2D eigenvalue weighted by Gasteiger charge is -2.09. The number of halogens is 2. The number of hydrogen-bond donors (Lipinski definition) is 1. The number of aryl methyl sites for hydroxylation is 2. The van der Waals surface area contributed by atoms with Crippen LogP contribution < -0.4 is 14.8 Å². The number of fused-ring (bicyclic) bond motifs is 1. The zero-order valence-corrected chi connectivity index (χ0v) is 10.8. The van der Waals surface area contributed by atoms with Crippen molar-refractivity contribution in [2.45, 2.75) is 20.1 Å². The first-order valence-corrected chi connectivity index (χ1v) is 5.91. The molecule has 104 valence electrons. The smallest absolute Gasteiger partial charge is 0.395 e. The van der Waals surface area contributed by atoms with E-state index in [4.69, 9.17) is 0 Å². The molecule has 1 aliphatic heterocycles. The molecule has 3 rings (SSSR count). The van der Waals surface area contributed by atoms with Gasteiger partial charge >= 0.3 is 6.29 Å². The van der Waals surface area contributed by atoms with E-state index in [2.05, 4.69) is 24.8 Å². The van der Waals surface area contributed by atoms with E-state index in [1.807, 2.05) is 19.9 Å². The van der Waals surface area contributed by atoms with E-state index in [1.165, 1.54) is 6.07 Å². The lowest BCUT2D eigenvalue weighted by atomic mass is 10.2. The molecule has 1 N–H and O–H groups in total. The fraction of sp³-hybridized carbons (Fsp3) is 0.231. The lowest BCUT2D eigenvalue weighted by Crippen LogP contribution is -2.26. The summed E-state index contributed by atoms with van der Waals surface area (Å²) in [5, 5.41) is 2.86. The number of ether oxygens (including phenoxy) is 2. The number of rotatable bonds is 2. The molecular formula is C13H11F2N3O2. The van der Waals surface area contributed by atoms with Crippen LogP contribution in [0.25, 0.3) is 0 Å². The number of aromatic nitrogens is 2. The minimum Gasteiger partial charge on any atom is -0.395 e. The summed E-state index contributed by atoms with van der Waals surface area (Å²) in [5.41, 5.74) is 1.87. The first-order valence-electron chi connectivity index (χ1n) is 5.91. The van der Waals surface area contributed by atoms with Gasteiger partial charge in [0.05, 0.1) is 5.69 Å². The molecule has 0 unspecified atom stereocenters. The molecule has 1 aromatic carbocycles. The molecule has 0 radical (unpaired) electrons. The predicted molar refractivity (Wildman–Crippen MR) is 67.4 cm³/mol. The number of alkyl halides is 2. The van der Waals surface area contributed by atoms with E-state index in [-0.39, 0.29) is 11.5 Å². The minimum atomic E-state index is -3.65. The van der Waals surface area contributed by atoms with E-state index in [0.29, 0.717) is 11.6 Å². The van der Waals surface area contributed by atoms with Crippen LogP contribution in [0.15, 0.2) is 24.3 Å². The van der Waals surface area contributed by atoms with Gasteiger partial charge in [-0.15, -0.1) is 8.78 Å². The van der Waals surface area contributed by atoms with Crippen LogP contribution in [0.4, 0.5) is 20.4 Å². The number of benzene rings is 1. The van der Waals surface area contributed by atoms with Crippen molar-refractivity contribution in [2.24, 2.45) is 0 Å². The van der Waals surface area contributed by atoms with Gasteiger partial charge in [0, 0.05) is 11.4 Å². The molecule has 2 aromatic rings. The summed E-state index contributed by atoms with van der Waals surface area (Å²) in [6.07, 6.45) is -3.65. The van der Waals surface area contributed by atoms with Crippen LogP contribution in [-0.4, -0.2) is 16.3 Å². The molecule has 0 amide bonds. The summed E-state index contributed by atoms with van der Waals surface area (Å²) in [6.45, 7) is 3.64. The first-order chi connectivity index (χ1) is 9.43. The summed E-state index contributed by atoms with van der Waals surface area (Å²) in [5.74, 6) is 0.236. The van der Waals surface area contributed by atoms with Crippen LogP contribution >= 0.6 is 0 Å². The Hall–Kier alpha value is -2.44. The molecule has 20 heavy (non-hydrogen) atoms. The molecule has 2 heterocycles. The zero-order valence-electron chi connectivity index (χ0n) is 10.8. The summed E-state index contributed by atoms with van der Waals surface area (Å²) >= 11 is 0. The van der Waals surface area contributed by atoms with E-state index in [1.54, 1.807) is 12.1 Å². The summed E-state index contributed by atoms with van der Waals surface area (Å²) in [4.78, 5) is 8.37. The Kier molecular flexibility index (Phi) is 2.70. The quantitative estimate of drug-likeness (QED) is 0.915. The highest BCUT2D eigenvalue weighted by atomic mass is 19.3. The SMILES string of the molecule is Cc1cc(C)nc(Nc2cccc3c2OC(F)(F)O3)n1. The van der Waals surface area contributed by atoms with Gasteiger partial charge in [-0.3, -0.25) is 0 Å². The van der Waals surface area contributed by atoms with Crippen LogP contribution in [0.1, 0.15) is 11.4 Å². The van der Waals surface area contributed by atoms with Gasteiger partial charge < -0.3 is 14.8 Å². The largest absolute Gasteiger partial charge is 0.586 e. The molecule has 1 aromatic heterocycles. The summed E-state index contributed by atoms with van der Waals surface area (Å²) < 4.78 is 35.0. The third kappa shape index (κ3) is 2.34. The Labute approximate surface area is 113 Å². The predicted octanol–water partition coefficient (Wildman–Crippen LogP) is 3.16. The van der Waals surface area contributed by atoms with Crippen LogP contribution in [0.2, 0.25) is 0 Å². The Morgan fingerprint density at radius 1 is 1.10 bits per heavy atom. The van der Waals surface area contributed by atoms with Gasteiger partial charge in [-0.1, -0.05) is 6.07 Å². The van der Waals surface area contributed by atoms with Crippen molar-refractivity contribution in [3.63, 3.8) is 0 Å². The molecule has 5 nitrogen and oxygen atoms in total. The van der Waals surface area contributed by atoms with Gasteiger partial charge in [-0.25, -0.2) is 9.97 Å². The summed E-state index contributed by atoms with van der Waals surface area (Å²) in [7, 11) is 0. The highest BCUT2D eigenvalue weighted by Crippen LogP contribution is 2.46. The Morgan fingerprint density at radius 2 is 1.80 bits per heavy atom. The minimum absolute atomic E-state index is 0.0237. The van der Waals surface area contributed by atoms with E-state index in [9.17, 15) is 8.78 Å². The van der Waals surface area contributed by atoms with Crippen molar-refractivity contribution in [3.8, 4) is 11.5 Å². The lowest BCUT2D eigenvalue weighted by molar-refractivity contribution is -0.286. The van der Waals surface area contributed by atoms with Gasteiger partial charge in [-0.05, 0) is 32.0 Å². The van der Waals surface area contributed by atoms with Gasteiger partial charge in [0.25, 0.3) is 0 Å². The van der Waals surface area contributed by atoms with Gasteiger partial charge in [-0.2, -0.15) is 0 Å². The number of anilines is 2. The maximum Gasteiger partial charge on any atom is 0.586 e. The average Bonchev–Trinajstić information content (AvgIpc) is 2.63. The van der Waals surface area contributed by atoms with E-state index in [0.717, 1.165) is 11.4 Å². The van der Waals surface area contributed by atoms with Crippen molar-refractivity contribution in [3.05, 3.63) is 35.7 Å². The molecule has 0 saturated heterocycles. The van der Waals surface area contributed by atoms with Crippen LogP contribution in [0, 0.1) is 13.8 Å². The molecule has 0 spiro atoms. The number of para-hydroxylation sites is 1. The molecule has 0 aliphatic carbocycles. The fourth-order valence-corrected chi connectivity index (χ4v) is 1.97. The van der Waals surface area contributed by atoms with Crippen LogP contribution in [0.3, 0.4) is 0 Å². The van der Waals surface area contributed by atoms with Crippen molar-refractivity contribution >= 4 is 11.6 Å². The third-order valence-electron chi connectivity index (χ3n) is 2.66. The Morgan fingerprint density at radius 3 is 2.50 bits per heavy atom. The topological polar surface area (TPSA) is 56.3 Å². The van der Waals surface area contributed by atoms with E-state index < -0.39 is 6.29 Å². The average molecular weight is 279 g/mol. The molecule has 0 bridgehead atoms. The normalized spacial score (nSPS) is 15.2. The van der Waals surface area contributed by atoms with Crippen molar-refractivity contribution in [1.82, 2.24) is 9.97 Å². The number of nitrogens with one attached hydrogen (secondary N) is 1. The third-order valence-corrected chi connectivity index (χ3v) is 2.66. The van der Waals surface area contributed by atoms with Crippen molar-refractivity contribution < 1.29 is 18.3 Å². The second-order valence-corrected chi connectivity index (χ2v) is 4.40.